The Morgan fingerprint density at radius 1 is 0.116 bits per heavy atom. The molecule has 0 atom stereocenters. The van der Waals surface area contributed by atoms with Crippen molar-refractivity contribution in [2.24, 2.45) is 0 Å². The van der Waals surface area contributed by atoms with E-state index >= 15 is 0 Å². The van der Waals surface area contributed by atoms with Crippen LogP contribution in [0.3, 0.4) is 0 Å². The zero-order valence-electron chi connectivity index (χ0n) is 80.8. The topological polar surface area (TPSA) is 116 Å². The second kappa shape index (κ2) is 36.4. The highest BCUT2D eigenvalue weighted by molar-refractivity contribution is 6.05. The van der Waals surface area contributed by atoms with Gasteiger partial charge in [-0.2, -0.15) is 0 Å². The van der Waals surface area contributed by atoms with Crippen molar-refractivity contribution in [1.29, 1.82) is 0 Å². The number of fused-ring (bicyclic) bond motifs is 14. The van der Waals surface area contributed by atoms with Gasteiger partial charge in [0.1, 0.15) is 0 Å². The molecule has 3 aromatic heterocycles. The van der Waals surface area contributed by atoms with Gasteiger partial charge in [-0.15, -0.1) is 0 Å². The summed E-state index contributed by atoms with van der Waals surface area (Å²) in [6.07, 6.45) is 0. The second-order valence-electron chi connectivity index (χ2n) is 39.2. The third-order valence-corrected chi connectivity index (χ3v) is 29.5. The van der Waals surface area contributed by atoms with Crippen LogP contribution in [-0.4, -0.2) is 44.9 Å². The normalized spacial score (nSPS) is 12.5. The number of aromatic nitrogens is 9. The lowest BCUT2D eigenvalue weighted by atomic mass is 9.81. The zero-order chi connectivity index (χ0) is 97.5. The van der Waals surface area contributed by atoms with Crippen molar-refractivity contribution < 1.29 is 0 Å². The average molecular weight is 1870 g/mol. The predicted molar refractivity (Wildman–Crippen MR) is 605 cm³/mol. The van der Waals surface area contributed by atoms with Gasteiger partial charge in [0, 0.05) is 60.9 Å². The van der Waals surface area contributed by atoms with Crippen LogP contribution in [0.1, 0.15) is 49.9 Å². The standard InChI is InChI=1S/2C48H33N3.C41H27N3/c1-48(2)43-29-40(23-24-41(43)42-27-36-13-7-8-14-37(36)28-44(42)48)47-50-45(49-46(51-47)39-22-18-31-10-4-6-12-35(31)26-39)33-19-15-32(16-20-33)38-21-17-30-9-3-5-11-34(30)25-38;1-48(2)43-29-36(22-23-40(43)42-27-33-16-8-9-17-34(33)28-44(42)48)46-49-45(35-21-20-30-12-6-7-15-32(30)26-35)50-47(51-46)41-25-24-37(31-13-4-3-5-14-31)38-18-10-11-19-39(38)41;1-2-9-28(10-3-1)31-17-21-32(22-18-31)39-42-40(44-41(43-39)38-24-20-30-12-5-7-14-34(30)26-38)37-16-8-15-35(27-37)36-23-19-29-11-4-6-13-33(29)25-36/h2*3-29H,1-2H3;1-27H. The van der Waals surface area contributed by atoms with Gasteiger partial charge in [-0.1, -0.05) is 440 Å². The molecule has 0 radical (unpaired) electrons. The first-order chi connectivity index (χ1) is 71.7. The lowest BCUT2D eigenvalue weighted by molar-refractivity contribution is 0.661. The number of nitrogens with zero attached hydrogens (tertiary/aromatic N) is 9. The monoisotopic (exact) mass is 1860 g/mol. The molecule has 2 aliphatic rings. The zero-order valence-corrected chi connectivity index (χ0v) is 80.8. The smallest absolute Gasteiger partial charge is 0.164 e. The van der Waals surface area contributed by atoms with Gasteiger partial charge in [0.25, 0.3) is 0 Å². The van der Waals surface area contributed by atoms with Crippen LogP contribution in [0.4, 0.5) is 0 Å². The van der Waals surface area contributed by atoms with Crippen molar-refractivity contribution in [2.75, 3.05) is 0 Å². The Bertz CT molecular complexity index is 9690. The fourth-order valence-electron chi connectivity index (χ4n) is 21.6. The highest BCUT2D eigenvalue weighted by atomic mass is 15.1. The van der Waals surface area contributed by atoms with Crippen molar-refractivity contribution in [1.82, 2.24) is 44.9 Å². The molecule has 686 valence electrons. The molecule has 9 heteroatoms. The molecule has 26 aromatic rings. The van der Waals surface area contributed by atoms with Gasteiger partial charge in [0.05, 0.1) is 0 Å². The molecule has 0 spiro atoms. The van der Waals surface area contributed by atoms with Crippen LogP contribution in [0, 0.1) is 0 Å². The van der Waals surface area contributed by atoms with Crippen LogP contribution in [0.15, 0.2) is 491 Å². The Labute approximate surface area is 846 Å². The van der Waals surface area contributed by atoms with Crippen LogP contribution in [0.5, 0.6) is 0 Å². The van der Waals surface area contributed by atoms with Gasteiger partial charge >= 0.3 is 0 Å². The van der Waals surface area contributed by atoms with E-state index in [9.17, 15) is 0 Å². The van der Waals surface area contributed by atoms with Crippen molar-refractivity contribution >= 4 is 86.2 Å². The van der Waals surface area contributed by atoms with E-state index in [1.54, 1.807) is 0 Å². The first kappa shape index (κ1) is 87.4. The Balaban J connectivity index is 0.000000112. The number of hydrogen-bond donors (Lipinski definition) is 0. The maximum absolute atomic E-state index is 5.26. The maximum Gasteiger partial charge on any atom is 0.164 e. The Morgan fingerprint density at radius 3 is 0.712 bits per heavy atom. The molecule has 9 nitrogen and oxygen atoms in total. The molecule has 0 aliphatic heterocycles. The molecule has 0 N–H and O–H groups in total. The van der Waals surface area contributed by atoms with Gasteiger partial charge in [-0.05, 0) is 254 Å². The third kappa shape index (κ3) is 16.4. The van der Waals surface area contributed by atoms with E-state index in [0.717, 1.165) is 93.9 Å². The van der Waals surface area contributed by atoms with E-state index < -0.39 is 0 Å². The Kier molecular flexibility index (Phi) is 21.8. The largest absolute Gasteiger partial charge is 0.208 e. The number of rotatable bonds is 13. The highest BCUT2D eigenvalue weighted by Crippen LogP contribution is 2.54. The van der Waals surface area contributed by atoms with Crippen LogP contribution in [-0.2, 0) is 10.8 Å². The lowest BCUT2D eigenvalue weighted by Gasteiger charge is -2.22. The minimum Gasteiger partial charge on any atom is -0.208 e. The molecule has 0 fully saturated rings. The molecule has 0 bridgehead atoms. The summed E-state index contributed by atoms with van der Waals surface area (Å²) < 4.78 is 0. The van der Waals surface area contributed by atoms with Crippen molar-refractivity contribution in [3.63, 3.8) is 0 Å². The molecule has 0 unspecified atom stereocenters. The van der Waals surface area contributed by atoms with E-state index in [4.69, 9.17) is 44.9 Å². The summed E-state index contributed by atoms with van der Waals surface area (Å²) >= 11 is 0. The van der Waals surface area contributed by atoms with Gasteiger partial charge in [0.2, 0.25) is 0 Å². The predicted octanol–water partition coefficient (Wildman–Crippen LogP) is 35.1. The highest BCUT2D eigenvalue weighted by Gasteiger charge is 2.38. The molecule has 23 aromatic carbocycles. The molecule has 3 heterocycles. The fraction of sp³-hybridized carbons (Fsp3) is 0.0438. The lowest BCUT2D eigenvalue weighted by Crippen LogP contribution is -2.15. The van der Waals surface area contributed by atoms with E-state index in [2.05, 4.69) is 513 Å². The molecule has 0 saturated carbocycles. The summed E-state index contributed by atoms with van der Waals surface area (Å²) in [5, 5.41) is 19.3. The first-order valence-corrected chi connectivity index (χ1v) is 49.8. The van der Waals surface area contributed by atoms with Crippen molar-refractivity contribution in [2.45, 2.75) is 38.5 Å². The van der Waals surface area contributed by atoms with Crippen LogP contribution in [0.2, 0.25) is 0 Å². The van der Waals surface area contributed by atoms with E-state index in [-0.39, 0.29) is 10.8 Å². The molecular formula is C137H93N9. The van der Waals surface area contributed by atoms with Gasteiger partial charge < -0.3 is 0 Å². The van der Waals surface area contributed by atoms with Crippen LogP contribution < -0.4 is 0 Å². The molecule has 2 aliphatic carbocycles. The molecular weight excluding hydrogens is 1770 g/mol. The van der Waals surface area contributed by atoms with E-state index in [1.807, 2.05) is 6.07 Å². The molecule has 146 heavy (non-hydrogen) atoms. The van der Waals surface area contributed by atoms with E-state index in [1.165, 1.54) is 131 Å². The van der Waals surface area contributed by atoms with Crippen LogP contribution in [0.25, 0.3) is 255 Å². The minimum atomic E-state index is -0.175. The van der Waals surface area contributed by atoms with Gasteiger partial charge in [0.15, 0.2) is 52.4 Å². The average Bonchev–Trinajstić information content (AvgIpc) is 1.57. The second-order valence-corrected chi connectivity index (χ2v) is 39.2. The molecule has 0 saturated heterocycles. The number of benzene rings is 23. The fourth-order valence-corrected chi connectivity index (χ4v) is 21.6. The van der Waals surface area contributed by atoms with Crippen molar-refractivity contribution in [3.8, 4) is 169 Å². The van der Waals surface area contributed by atoms with Gasteiger partial charge in [-0.3, -0.25) is 0 Å². The minimum absolute atomic E-state index is 0.166. The third-order valence-electron chi connectivity index (χ3n) is 29.5. The summed E-state index contributed by atoms with van der Waals surface area (Å²) in [6, 6.07) is 174. The summed E-state index contributed by atoms with van der Waals surface area (Å²) in [6.45, 7) is 9.31. The SMILES string of the molecule is CC1(C)c2cc(-c3nc(-c4ccc(-c5ccc6ccccc6c5)cc4)nc(-c4ccc5ccccc5c4)n3)ccc2-c2cc3ccccc3cc21.CC1(C)c2cc(-c3nc(-c4ccc5ccccc5c4)nc(-c4ccc(-c5ccccc5)c5ccccc45)n3)ccc2-c2cc3ccccc3cc21.c1ccc(-c2ccc(-c3nc(-c4cccc(-c5ccc6ccccc6c5)c4)nc(-c4ccc5ccccc5c4)n3)cc2)cc1. The Hall–Kier alpha value is -18.8. The van der Waals surface area contributed by atoms with Gasteiger partial charge in [-0.25, -0.2) is 44.9 Å². The summed E-state index contributed by atoms with van der Waals surface area (Å²) in [7, 11) is 0. The van der Waals surface area contributed by atoms with Crippen molar-refractivity contribution in [3.05, 3.63) is 514 Å². The Morgan fingerprint density at radius 2 is 0.329 bits per heavy atom. The molecule has 0 amide bonds. The summed E-state index contributed by atoms with van der Waals surface area (Å²) in [4.78, 5) is 46.1. The van der Waals surface area contributed by atoms with Crippen LogP contribution >= 0.6 is 0 Å². The summed E-state index contributed by atoms with van der Waals surface area (Å²) in [5.41, 5.74) is 28.1. The molecule has 28 rings (SSSR count). The quantitative estimate of drug-likeness (QED) is 0.111. The first-order valence-electron chi connectivity index (χ1n) is 49.8. The summed E-state index contributed by atoms with van der Waals surface area (Å²) in [5.74, 6) is 5.91. The number of hydrogen-bond acceptors (Lipinski definition) is 9. The maximum atomic E-state index is 5.26. The van der Waals surface area contributed by atoms with E-state index in [0.29, 0.717) is 52.4 Å².